The molecule has 0 saturated carbocycles. The van der Waals surface area contributed by atoms with Gasteiger partial charge >= 0.3 is 0 Å². The maximum absolute atomic E-state index is 13.3. The molecular formula is C23H31ClN6O2. The highest BCUT2D eigenvalue weighted by molar-refractivity contribution is 5.99. The number of aryl methyl sites for hydroxylation is 1. The van der Waals surface area contributed by atoms with Crippen molar-refractivity contribution < 1.29 is 9.59 Å². The molecule has 1 aliphatic rings. The van der Waals surface area contributed by atoms with Crippen molar-refractivity contribution in [1.82, 2.24) is 29.7 Å². The summed E-state index contributed by atoms with van der Waals surface area (Å²) < 4.78 is 3.65. The molecule has 9 heteroatoms. The van der Waals surface area contributed by atoms with Crippen molar-refractivity contribution in [1.29, 1.82) is 0 Å². The van der Waals surface area contributed by atoms with E-state index in [1.165, 1.54) is 0 Å². The zero-order chi connectivity index (χ0) is 21.6. The highest BCUT2D eigenvalue weighted by Crippen LogP contribution is 2.18. The summed E-state index contributed by atoms with van der Waals surface area (Å²) in [4.78, 5) is 27.6. The van der Waals surface area contributed by atoms with Gasteiger partial charge in [0.25, 0.3) is 5.91 Å². The quantitative estimate of drug-likeness (QED) is 0.618. The molecule has 32 heavy (non-hydrogen) atoms. The molecule has 0 spiro atoms. The van der Waals surface area contributed by atoms with E-state index in [2.05, 4.69) is 15.7 Å². The molecule has 1 saturated heterocycles. The maximum atomic E-state index is 13.3. The zero-order valence-electron chi connectivity index (χ0n) is 18.4. The lowest BCUT2D eigenvalue weighted by Gasteiger charge is -2.23. The van der Waals surface area contributed by atoms with Crippen LogP contribution in [0.3, 0.4) is 0 Å². The molecule has 3 aromatic rings. The van der Waals surface area contributed by atoms with Gasteiger partial charge in [-0.15, -0.1) is 12.4 Å². The summed E-state index contributed by atoms with van der Waals surface area (Å²) in [6, 6.07) is 10.0. The molecule has 8 nitrogen and oxygen atoms in total. The molecule has 3 heterocycles. The van der Waals surface area contributed by atoms with E-state index < -0.39 is 0 Å². The molecule has 1 aromatic carbocycles. The second kappa shape index (κ2) is 11.2. The van der Waals surface area contributed by atoms with Gasteiger partial charge in [0.05, 0.1) is 6.20 Å². The number of rotatable bonds is 2. The predicted molar refractivity (Wildman–Crippen MR) is 126 cm³/mol. The van der Waals surface area contributed by atoms with Crippen molar-refractivity contribution in [2.24, 2.45) is 7.05 Å². The van der Waals surface area contributed by atoms with Crippen LogP contribution in [-0.4, -0.2) is 57.1 Å². The Morgan fingerprint density at radius 2 is 1.84 bits per heavy atom. The first kappa shape index (κ1) is 23.8. The number of halogens is 1. The average molecular weight is 459 g/mol. The van der Waals surface area contributed by atoms with E-state index in [4.69, 9.17) is 0 Å². The van der Waals surface area contributed by atoms with Crippen LogP contribution < -0.4 is 10.6 Å². The lowest BCUT2D eigenvalue weighted by molar-refractivity contribution is -0.121. The first-order valence-electron chi connectivity index (χ1n) is 11.0. The smallest absolute Gasteiger partial charge is 0.259 e. The number of amides is 2. The Bertz CT molecular complexity index is 1030. The fourth-order valence-corrected chi connectivity index (χ4v) is 4.14. The van der Waals surface area contributed by atoms with Gasteiger partial charge in [0.15, 0.2) is 0 Å². The number of benzene rings is 1. The van der Waals surface area contributed by atoms with Crippen molar-refractivity contribution in [2.45, 2.75) is 31.7 Å². The van der Waals surface area contributed by atoms with E-state index in [1.807, 2.05) is 59.2 Å². The van der Waals surface area contributed by atoms with Crippen molar-refractivity contribution >= 4 is 29.9 Å². The van der Waals surface area contributed by atoms with Gasteiger partial charge in [0.2, 0.25) is 5.91 Å². The van der Waals surface area contributed by atoms with Crippen LogP contribution in [0.5, 0.6) is 0 Å². The molecule has 1 atom stereocenters. The number of nitrogens with zero attached hydrogens (tertiary/aromatic N) is 4. The van der Waals surface area contributed by atoms with E-state index >= 15 is 0 Å². The number of imidazole rings is 1. The van der Waals surface area contributed by atoms with Gasteiger partial charge in [-0.2, -0.15) is 5.10 Å². The highest BCUT2D eigenvalue weighted by atomic mass is 35.5. The molecule has 1 fully saturated rings. The Hall–Kier alpha value is -2.84. The Kier molecular flexibility index (Phi) is 8.30. The first-order valence-corrected chi connectivity index (χ1v) is 11.0. The van der Waals surface area contributed by atoms with E-state index in [0.29, 0.717) is 31.6 Å². The fourth-order valence-electron chi connectivity index (χ4n) is 4.14. The molecule has 2 aromatic heterocycles. The lowest BCUT2D eigenvalue weighted by atomic mass is 10.0. The summed E-state index contributed by atoms with van der Waals surface area (Å²) in [6.07, 6.45) is 8.31. The van der Waals surface area contributed by atoms with Crippen molar-refractivity contribution in [3.8, 4) is 0 Å². The van der Waals surface area contributed by atoms with Crippen LogP contribution in [0.25, 0.3) is 5.65 Å². The standard InChI is InChI=1S/C23H30N6O2.ClH/c1-27-14-15-29-22(27)19(17-26-29)23(31)28-12-6-5-10-25-21(30)16-20(24-11-7-13-28)18-8-3-2-4-9-18;/h2-4,8-9,14-15,17,20,24H,5-7,10-13,16H2,1H3,(H,25,30);1H. The minimum Gasteiger partial charge on any atom is -0.356 e. The zero-order valence-corrected chi connectivity index (χ0v) is 19.2. The van der Waals surface area contributed by atoms with Gasteiger partial charge in [0, 0.05) is 51.5 Å². The molecule has 2 N–H and O–H groups in total. The van der Waals surface area contributed by atoms with E-state index in [-0.39, 0.29) is 30.3 Å². The van der Waals surface area contributed by atoms with Crippen LogP contribution in [-0.2, 0) is 11.8 Å². The molecule has 1 aliphatic heterocycles. The average Bonchev–Trinajstić information content (AvgIpc) is 3.37. The number of hydrogen-bond acceptors (Lipinski definition) is 4. The molecule has 0 radical (unpaired) electrons. The van der Waals surface area contributed by atoms with Crippen LogP contribution >= 0.6 is 12.4 Å². The summed E-state index contributed by atoms with van der Waals surface area (Å²) >= 11 is 0. The largest absolute Gasteiger partial charge is 0.356 e. The van der Waals surface area contributed by atoms with Crippen molar-refractivity contribution in [3.63, 3.8) is 0 Å². The molecule has 0 bridgehead atoms. The summed E-state index contributed by atoms with van der Waals surface area (Å²) in [7, 11) is 1.92. The van der Waals surface area contributed by atoms with E-state index in [1.54, 1.807) is 10.7 Å². The Labute approximate surface area is 194 Å². The molecular weight excluding hydrogens is 428 g/mol. The van der Waals surface area contributed by atoms with Gasteiger partial charge in [-0.3, -0.25) is 9.59 Å². The predicted octanol–water partition coefficient (Wildman–Crippen LogP) is 2.56. The number of carbonyl (C=O) groups excluding carboxylic acids is 2. The number of fused-ring (bicyclic) bond motifs is 1. The summed E-state index contributed by atoms with van der Waals surface area (Å²) in [5.74, 6) is 0.0647. The monoisotopic (exact) mass is 458 g/mol. The lowest BCUT2D eigenvalue weighted by Crippen LogP contribution is -2.35. The molecule has 4 rings (SSSR count). The maximum Gasteiger partial charge on any atom is 0.259 e. The normalized spacial score (nSPS) is 18.7. The van der Waals surface area contributed by atoms with E-state index in [9.17, 15) is 9.59 Å². The minimum atomic E-state index is -0.0372. The first-order chi connectivity index (χ1) is 15.1. The number of carbonyl (C=O) groups is 2. The summed E-state index contributed by atoms with van der Waals surface area (Å²) in [5, 5.41) is 10.8. The molecule has 2 amide bonds. The Morgan fingerprint density at radius 3 is 2.66 bits per heavy atom. The molecule has 0 aliphatic carbocycles. The Balaban J connectivity index is 0.00000289. The van der Waals surface area contributed by atoms with Gasteiger partial charge in [-0.1, -0.05) is 30.3 Å². The van der Waals surface area contributed by atoms with Gasteiger partial charge in [0.1, 0.15) is 11.2 Å². The molecule has 1 unspecified atom stereocenters. The SMILES string of the molecule is Cl.Cn1ccn2ncc(C(=O)N3CCCCNC(=O)CC(c4ccccc4)NCCC3)c12. The summed E-state index contributed by atoms with van der Waals surface area (Å²) in [5.41, 5.74) is 2.54. The van der Waals surface area contributed by atoms with Crippen LogP contribution in [0.4, 0.5) is 0 Å². The fraction of sp³-hybridized carbons (Fsp3) is 0.435. The third kappa shape index (κ3) is 5.49. The number of nitrogens with one attached hydrogen (secondary N) is 2. The minimum absolute atomic E-state index is 0. The number of aromatic nitrogens is 3. The van der Waals surface area contributed by atoms with E-state index in [0.717, 1.165) is 37.0 Å². The van der Waals surface area contributed by atoms with Gasteiger partial charge < -0.3 is 20.1 Å². The Morgan fingerprint density at radius 1 is 1.06 bits per heavy atom. The van der Waals surface area contributed by atoms with Gasteiger partial charge in [-0.05, 0) is 31.4 Å². The topological polar surface area (TPSA) is 83.7 Å². The molecule has 172 valence electrons. The van der Waals surface area contributed by atoms with Crippen molar-refractivity contribution in [3.05, 3.63) is 60.0 Å². The van der Waals surface area contributed by atoms with Gasteiger partial charge in [-0.25, -0.2) is 4.52 Å². The second-order valence-corrected chi connectivity index (χ2v) is 8.06. The van der Waals surface area contributed by atoms with Crippen LogP contribution in [0.15, 0.2) is 48.9 Å². The second-order valence-electron chi connectivity index (χ2n) is 8.06. The van der Waals surface area contributed by atoms with Crippen LogP contribution in [0, 0.1) is 0 Å². The van der Waals surface area contributed by atoms with Crippen molar-refractivity contribution in [2.75, 3.05) is 26.2 Å². The van der Waals surface area contributed by atoms with Crippen LogP contribution in [0.2, 0.25) is 0 Å². The third-order valence-electron chi connectivity index (χ3n) is 5.82. The number of hydrogen-bond donors (Lipinski definition) is 2. The highest BCUT2D eigenvalue weighted by Gasteiger charge is 2.22. The third-order valence-corrected chi connectivity index (χ3v) is 5.82. The summed E-state index contributed by atoms with van der Waals surface area (Å²) in [6.45, 7) is 2.68. The van der Waals surface area contributed by atoms with Crippen LogP contribution in [0.1, 0.15) is 47.6 Å².